The molecule has 0 radical (unpaired) electrons. The zero-order valence-corrected chi connectivity index (χ0v) is 21.8. The minimum atomic E-state index is -0.477. The van der Waals surface area contributed by atoms with Gasteiger partial charge in [-0.25, -0.2) is 4.39 Å². The lowest BCUT2D eigenvalue weighted by Crippen LogP contribution is -2.27. The zero-order chi connectivity index (χ0) is 25.7. The minimum Gasteiger partial charge on any atom is -0.497 e. The molecule has 0 saturated heterocycles. The predicted molar refractivity (Wildman–Crippen MR) is 143 cm³/mol. The Labute approximate surface area is 215 Å². The normalized spacial score (nSPS) is 11.2. The van der Waals surface area contributed by atoms with E-state index in [0.717, 1.165) is 35.5 Å². The van der Waals surface area contributed by atoms with Crippen molar-refractivity contribution < 1.29 is 23.4 Å². The predicted octanol–water partition coefficient (Wildman–Crippen LogP) is 6.68. The largest absolute Gasteiger partial charge is 0.497 e. The van der Waals surface area contributed by atoms with Gasteiger partial charge in [-0.2, -0.15) is 0 Å². The van der Waals surface area contributed by atoms with Crippen LogP contribution in [-0.4, -0.2) is 51.1 Å². The quantitative estimate of drug-likeness (QED) is 0.212. The molecule has 0 unspecified atom stereocenters. The van der Waals surface area contributed by atoms with Gasteiger partial charge in [0.15, 0.2) is 17.3 Å². The second-order valence-electron chi connectivity index (χ2n) is 8.25. The third kappa shape index (κ3) is 5.37. The van der Waals surface area contributed by atoms with Gasteiger partial charge < -0.3 is 19.1 Å². The molecule has 0 atom stereocenters. The van der Waals surface area contributed by atoms with E-state index in [2.05, 4.69) is 18.7 Å². The van der Waals surface area contributed by atoms with Gasteiger partial charge in [0.2, 0.25) is 0 Å². The maximum atomic E-state index is 14.6. The van der Waals surface area contributed by atoms with E-state index in [4.69, 9.17) is 14.2 Å². The zero-order valence-electron chi connectivity index (χ0n) is 21.0. The van der Waals surface area contributed by atoms with Crippen molar-refractivity contribution in [1.29, 1.82) is 0 Å². The fourth-order valence-electron chi connectivity index (χ4n) is 4.12. The lowest BCUT2D eigenvalue weighted by Gasteiger charge is -2.18. The van der Waals surface area contributed by atoms with E-state index >= 15 is 0 Å². The van der Waals surface area contributed by atoms with Gasteiger partial charge in [-0.1, -0.05) is 13.8 Å². The molecule has 36 heavy (non-hydrogen) atoms. The van der Waals surface area contributed by atoms with Crippen molar-refractivity contribution in [3.8, 4) is 27.7 Å². The summed E-state index contributed by atoms with van der Waals surface area (Å²) >= 11 is 1.44. The Kier molecular flexibility index (Phi) is 8.23. The van der Waals surface area contributed by atoms with Crippen LogP contribution in [0.2, 0.25) is 0 Å². The Bertz CT molecular complexity index is 1350. The minimum absolute atomic E-state index is 0.132. The van der Waals surface area contributed by atoms with Gasteiger partial charge in [-0.3, -0.25) is 4.79 Å². The molecule has 4 aromatic rings. The van der Waals surface area contributed by atoms with E-state index in [1.807, 2.05) is 30.3 Å². The highest BCUT2D eigenvalue weighted by Gasteiger charge is 2.23. The Balaban J connectivity index is 1.68. The molecule has 7 heteroatoms. The first-order valence-electron chi connectivity index (χ1n) is 11.9. The van der Waals surface area contributed by atoms with Crippen LogP contribution in [0.3, 0.4) is 0 Å². The van der Waals surface area contributed by atoms with E-state index < -0.39 is 5.82 Å². The van der Waals surface area contributed by atoms with Crippen LogP contribution < -0.4 is 14.2 Å². The number of benzene rings is 3. The molecule has 0 amide bonds. The van der Waals surface area contributed by atoms with E-state index in [1.54, 1.807) is 31.4 Å². The van der Waals surface area contributed by atoms with Crippen molar-refractivity contribution in [3.05, 3.63) is 77.6 Å². The number of hydrogen-bond acceptors (Lipinski definition) is 6. The number of thiophene rings is 1. The number of rotatable bonds is 11. The van der Waals surface area contributed by atoms with Gasteiger partial charge in [-0.05, 0) is 79.3 Å². The summed E-state index contributed by atoms with van der Waals surface area (Å²) in [5.74, 6) is 0.963. The molecule has 0 aliphatic heterocycles. The highest BCUT2D eigenvalue weighted by molar-refractivity contribution is 7.22. The SMILES string of the molecule is CCN(CC)CCOc1ccc(C(=O)c2c(-c3ccc(OC)c(F)c3)sc3cc(OC)ccc23)cc1. The van der Waals surface area contributed by atoms with Gasteiger partial charge in [0, 0.05) is 32.6 Å². The molecule has 0 N–H and O–H groups in total. The van der Waals surface area contributed by atoms with Gasteiger partial charge in [0.05, 0.1) is 14.2 Å². The number of ether oxygens (including phenoxy) is 3. The molecule has 0 aliphatic carbocycles. The number of methoxy groups -OCH3 is 2. The Morgan fingerprint density at radius 1 is 0.917 bits per heavy atom. The van der Waals surface area contributed by atoms with Crippen LogP contribution in [0.25, 0.3) is 20.5 Å². The average molecular weight is 508 g/mol. The number of carbonyl (C=O) groups is 1. The highest BCUT2D eigenvalue weighted by atomic mass is 32.1. The molecule has 1 heterocycles. The molecule has 188 valence electrons. The van der Waals surface area contributed by atoms with Gasteiger partial charge in [-0.15, -0.1) is 11.3 Å². The maximum absolute atomic E-state index is 14.6. The van der Waals surface area contributed by atoms with Crippen molar-refractivity contribution in [2.75, 3.05) is 40.5 Å². The van der Waals surface area contributed by atoms with Crippen molar-refractivity contribution in [1.82, 2.24) is 4.90 Å². The first-order chi connectivity index (χ1) is 17.5. The third-order valence-electron chi connectivity index (χ3n) is 6.23. The Morgan fingerprint density at radius 2 is 1.64 bits per heavy atom. The average Bonchev–Trinajstić information content (AvgIpc) is 3.29. The summed E-state index contributed by atoms with van der Waals surface area (Å²) in [6.07, 6.45) is 0. The van der Waals surface area contributed by atoms with Gasteiger partial charge in [0.1, 0.15) is 18.1 Å². The van der Waals surface area contributed by atoms with Crippen LogP contribution in [-0.2, 0) is 0 Å². The van der Waals surface area contributed by atoms with Crippen molar-refractivity contribution in [2.45, 2.75) is 13.8 Å². The van der Waals surface area contributed by atoms with Gasteiger partial charge >= 0.3 is 0 Å². The smallest absolute Gasteiger partial charge is 0.195 e. The summed E-state index contributed by atoms with van der Waals surface area (Å²) in [6, 6.07) is 17.6. The number of carbonyl (C=O) groups excluding carboxylic acids is 1. The number of likely N-dealkylation sites (N-methyl/N-ethyl adjacent to an activating group) is 1. The van der Waals surface area contributed by atoms with E-state index in [-0.39, 0.29) is 11.5 Å². The molecule has 0 bridgehead atoms. The summed E-state index contributed by atoms with van der Waals surface area (Å²) < 4.78 is 31.8. The summed E-state index contributed by atoms with van der Waals surface area (Å²) in [5, 5.41) is 0.802. The number of hydrogen-bond donors (Lipinski definition) is 0. The molecule has 0 spiro atoms. The van der Waals surface area contributed by atoms with Crippen molar-refractivity contribution in [3.63, 3.8) is 0 Å². The second-order valence-corrected chi connectivity index (χ2v) is 9.30. The van der Waals surface area contributed by atoms with Crippen molar-refractivity contribution >= 4 is 27.2 Å². The van der Waals surface area contributed by atoms with Crippen LogP contribution in [0, 0.1) is 5.82 Å². The standard InChI is InChI=1S/C29H30FNO4S/c1-5-31(6-2)15-16-35-21-10-7-19(8-11-21)28(32)27-23-13-12-22(33-3)18-26(23)36-29(27)20-9-14-25(34-4)24(30)17-20/h7-14,17-18H,5-6,15-16H2,1-4H3. The fourth-order valence-corrected chi connectivity index (χ4v) is 5.34. The molecule has 0 fully saturated rings. The van der Waals surface area contributed by atoms with E-state index in [9.17, 15) is 9.18 Å². The summed E-state index contributed by atoms with van der Waals surface area (Å²) in [5.41, 5.74) is 1.70. The first kappa shape index (κ1) is 25.7. The topological polar surface area (TPSA) is 48.0 Å². The number of fused-ring (bicyclic) bond motifs is 1. The molecule has 1 aromatic heterocycles. The van der Waals surface area contributed by atoms with E-state index in [1.165, 1.54) is 24.5 Å². The lowest BCUT2D eigenvalue weighted by atomic mass is 9.97. The molecular weight excluding hydrogens is 477 g/mol. The molecule has 3 aromatic carbocycles. The Hall–Kier alpha value is -3.42. The maximum Gasteiger partial charge on any atom is 0.195 e. The monoisotopic (exact) mass is 507 g/mol. The number of halogens is 1. The van der Waals surface area contributed by atoms with Crippen LogP contribution in [0.5, 0.6) is 17.2 Å². The molecule has 0 saturated carbocycles. The fraction of sp³-hybridized carbons (Fsp3) is 0.276. The third-order valence-corrected chi connectivity index (χ3v) is 7.43. The van der Waals surface area contributed by atoms with Gasteiger partial charge in [0.25, 0.3) is 0 Å². The van der Waals surface area contributed by atoms with Crippen LogP contribution in [0.1, 0.15) is 29.8 Å². The molecule has 0 aliphatic rings. The molecule has 5 nitrogen and oxygen atoms in total. The first-order valence-corrected chi connectivity index (χ1v) is 12.7. The van der Waals surface area contributed by atoms with Crippen molar-refractivity contribution in [2.24, 2.45) is 0 Å². The molecular formula is C29H30FNO4S. The summed E-state index contributed by atoms with van der Waals surface area (Å²) in [7, 11) is 3.03. The van der Waals surface area contributed by atoms with Crippen LogP contribution >= 0.6 is 11.3 Å². The second kappa shape index (κ2) is 11.5. The Morgan fingerprint density at radius 3 is 2.28 bits per heavy atom. The number of ketones is 1. The number of nitrogens with zero attached hydrogens (tertiary/aromatic N) is 1. The highest BCUT2D eigenvalue weighted by Crippen LogP contribution is 2.42. The molecule has 4 rings (SSSR count). The van der Waals surface area contributed by atoms with E-state index in [0.29, 0.717) is 33.9 Å². The van der Waals surface area contributed by atoms with Crippen LogP contribution in [0.15, 0.2) is 60.7 Å². The van der Waals surface area contributed by atoms with Crippen LogP contribution in [0.4, 0.5) is 4.39 Å². The summed E-state index contributed by atoms with van der Waals surface area (Å²) in [6.45, 7) is 7.65. The summed E-state index contributed by atoms with van der Waals surface area (Å²) in [4.78, 5) is 16.8. The lowest BCUT2D eigenvalue weighted by molar-refractivity contribution is 0.104.